The van der Waals surface area contributed by atoms with Crippen molar-refractivity contribution in [1.29, 1.82) is 0 Å². The summed E-state index contributed by atoms with van der Waals surface area (Å²) in [7, 11) is 0. The first-order chi connectivity index (χ1) is 2.83. The van der Waals surface area contributed by atoms with Crippen molar-refractivity contribution >= 4 is 0 Å². The molecule has 2 radical (unpaired) electrons. The molecular weight excluding hydrogens is 252 g/mol. The summed E-state index contributed by atoms with van der Waals surface area (Å²) in [5, 5.41) is 0. The maximum absolute atomic E-state index is 3.25. The maximum atomic E-state index is 3.25. The van der Waals surface area contributed by atoms with Crippen molar-refractivity contribution in [3.8, 4) is 0 Å². The fraction of sp³-hybridized carbons (Fsp3) is 0. The summed E-state index contributed by atoms with van der Waals surface area (Å²) < 4.78 is 0. The van der Waals surface area contributed by atoms with Gasteiger partial charge in [0.25, 0.3) is 0 Å². The minimum absolute atomic E-state index is 0. The Morgan fingerprint density at radius 2 is 0.875 bits per heavy atom. The summed E-state index contributed by atoms with van der Waals surface area (Å²) >= 11 is 0. The third kappa shape index (κ3) is 212. The third-order valence-electron chi connectivity index (χ3n) is 0. The van der Waals surface area contributed by atoms with Crippen molar-refractivity contribution in [3.05, 3.63) is 39.2 Å². The molecule has 46 valence electrons. The summed E-state index contributed by atoms with van der Waals surface area (Å²) in [6, 6.07) is 0. The monoisotopic (exact) mass is 259 g/mol. The van der Waals surface area contributed by atoms with Gasteiger partial charge in [-0.2, -0.15) is 0 Å². The Morgan fingerprint density at radius 3 is 0.875 bits per heavy atom. The Labute approximate surface area is 91.4 Å². The number of hydrogen-bond donors (Lipinski definition) is 0. The molecule has 0 N–H and O–H groups in total. The molecule has 0 atom stereocenters. The molecule has 0 bridgehead atoms. The number of hydrogen-bond acceptors (Lipinski definition) is 0. The van der Waals surface area contributed by atoms with Crippen molar-refractivity contribution in [2.45, 2.75) is 0 Å². The van der Waals surface area contributed by atoms with Crippen LogP contribution in [0, 0.1) is 54.7 Å². The van der Waals surface area contributed by atoms with Crippen molar-refractivity contribution in [1.82, 2.24) is 0 Å². The van der Waals surface area contributed by atoms with Crippen molar-refractivity contribution in [2.75, 3.05) is 0 Å². The second-order valence-electron chi connectivity index (χ2n) is 0.577. The molecule has 0 rings (SSSR count). The van der Waals surface area contributed by atoms with E-state index in [1.54, 1.807) is 0 Å². The molecule has 0 aliphatic carbocycles. The average Bonchev–Trinajstić information content (AvgIpc) is 1.39. The van der Waals surface area contributed by atoms with Gasteiger partial charge in [-0.1, -0.05) is 12.2 Å². The van der Waals surface area contributed by atoms with Crippen LogP contribution in [0.1, 0.15) is 0 Å². The number of halogens is 1. The first kappa shape index (κ1) is 22.9. The molecular formula is C6H10ClNd-. The summed E-state index contributed by atoms with van der Waals surface area (Å²) in [5.41, 5.74) is 0. The van der Waals surface area contributed by atoms with E-state index in [0.29, 0.717) is 0 Å². The molecule has 2 heteroatoms. The van der Waals surface area contributed by atoms with E-state index in [2.05, 4.69) is 27.0 Å². The molecule has 0 aliphatic heterocycles. The standard InChI is InChI=1S/2C3H5.ClH.Nd/c2*1-3-2;;/h2*3H,1-2H2;1H;/p-1. The van der Waals surface area contributed by atoms with Crippen LogP contribution in [0.4, 0.5) is 0 Å². The molecule has 0 unspecified atom stereocenters. The van der Waals surface area contributed by atoms with E-state index in [4.69, 9.17) is 0 Å². The number of allylic oxidation sites excluding steroid dienone is 2. The molecule has 0 aromatic heterocycles. The van der Waals surface area contributed by atoms with E-state index in [1.807, 2.05) is 0 Å². The molecule has 0 aliphatic rings. The SMILES string of the molecule is [CH2]C=C.[CH2]C=C.[Cl-].[Nd]. The van der Waals surface area contributed by atoms with Crippen LogP contribution < -0.4 is 12.4 Å². The molecule has 0 nitrogen and oxygen atoms in total. The molecule has 0 heterocycles. The zero-order chi connectivity index (χ0) is 5.41. The molecule has 0 saturated carbocycles. The summed E-state index contributed by atoms with van der Waals surface area (Å²) in [5.74, 6) is 0. The maximum Gasteiger partial charge on any atom is 0 e. The Kier molecular flexibility index (Phi) is 121. The fourth-order valence-corrected chi connectivity index (χ4v) is 0. The Balaban J connectivity index is -0.0000000160. The van der Waals surface area contributed by atoms with Crippen LogP contribution in [-0.2, 0) is 0 Å². The van der Waals surface area contributed by atoms with Crippen LogP contribution in [0.5, 0.6) is 0 Å². The van der Waals surface area contributed by atoms with Crippen molar-refractivity contribution in [3.63, 3.8) is 0 Å². The quantitative estimate of drug-likeness (QED) is 0.526. The van der Waals surface area contributed by atoms with E-state index in [-0.39, 0.29) is 53.2 Å². The van der Waals surface area contributed by atoms with Gasteiger partial charge in [-0.05, 0) is 13.8 Å². The minimum atomic E-state index is 0. The van der Waals surface area contributed by atoms with Gasteiger partial charge >= 0.3 is 0 Å². The first-order valence-corrected chi connectivity index (χ1v) is 1.63. The van der Waals surface area contributed by atoms with Gasteiger partial charge in [0.05, 0.1) is 0 Å². The average molecular weight is 262 g/mol. The molecule has 8 heavy (non-hydrogen) atoms. The second-order valence-corrected chi connectivity index (χ2v) is 0.577. The van der Waals surface area contributed by atoms with E-state index in [9.17, 15) is 0 Å². The van der Waals surface area contributed by atoms with E-state index < -0.39 is 0 Å². The van der Waals surface area contributed by atoms with Gasteiger partial charge < -0.3 is 12.4 Å². The zero-order valence-corrected chi connectivity index (χ0v) is 8.83. The Bertz CT molecular complexity index is 29.5. The zero-order valence-electron chi connectivity index (χ0n) is 4.86. The van der Waals surface area contributed by atoms with Crippen LogP contribution in [0.3, 0.4) is 0 Å². The van der Waals surface area contributed by atoms with Gasteiger partial charge in [0.15, 0.2) is 0 Å². The van der Waals surface area contributed by atoms with E-state index >= 15 is 0 Å². The molecule has 0 aromatic rings. The van der Waals surface area contributed by atoms with Crippen molar-refractivity contribution in [2.24, 2.45) is 0 Å². The van der Waals surface area contributed by atoms with Gasteiger partial charge in [0.2, 0.25) is 0 Å². The minimum Gasteiger partial charge on any atom is -1.00 e. The van der Waals surface area contributed by atoms with Crippen LogP contribution >= 0.6 is 0 Å². The smallest absolute Gasteiger partial charge is 0 e. The Morgan fingerprint density at radius 1 is 0.875 bits per heavy atom. The molecule has 0 spiro atoms. The van der Waals surface area contributed by atoms with Crippen LogP contribution in [-0.4, -0.2) is 0 Å². The molecule has 0 fully saturated rings. The van der Waals surface area contributed by atoms with Crippen LogP contribution in [0.25, 0.3) is 0 Å². The molecule has 0 saturated heterocycles. The van der Waals surface area contributed by atoms with Gasteiger partial charge in [0, 0.05) is 40.8 Å². The third-order valence-corrected chi connectivity index (χ3v) is 0. The fourth-order valence-electron chi connectivity index (χ4n) is 0. The van der Waals surface area contributed by atoms with Gasteiger partial charge in [0.1, 0.15) is 0 Å². The predicted octanol–water partition coefficient (Wildman–Crippen LogP) is -0.983. The molecule has 0 aromatic carbocycles. The van der Waals surface area contributed by atoms with Gasteiger partial charge in [-0.15, -0.1) is 13.2 Å². The van der Waals surface area contributed by atoms with Crippen LogP contribution in [0.15, 0.2) is 25.3 Å². The largest absolute Gasteiger partial charge is 1.00 e. The second kappa shape index (κ2) is 42.3. The summed E-state index contributed by atoms with van der Waals surface area (Å²) in [4.78, 5) is 0. The Hall–Kier alpha value is 1.12. The summed E-state index contributed by atoms with van der Waals surface area (Å²) in [6.45, 7) is 13.0. The predicted molar refractivity (Wildman–Crippen MR) is 31.1 cm³/mol. The summed E-state index contributed by atoms with van der Waals surface area (Å²) in [6.07, 6.45) is 3.00. The van der Waals surface area contributed by atoms with E-state index in [0.717, 1.165) is 0 Å². The van der Waals surface area contributed by atoms with Crippen LogP contribution in [0.2, 0.25) is 0 Å². The van der Waals surface area contributed by atoms with E-state index in [1.165, 1.54) is 12.2 Å². The van der Waals surface area contributed by atoms with Gasteiger partial charge in [-0.3, -0.25) is 0 Å². The van der Waals surface area contributed by atoms with Gasteiger partial charge in [-0.25, -0.2) is 0 Å². The number of rotatable bonds is 0. The topological polar surface area (TPSA) is 0 Å². The van der Waals surface area contributed by atoms with Crippen molar-refractivity contribution < 1.29 is 53.2 Å². The normalized spacial score (nSPS) is 3.25. The molecule has 0 amide bonds. The first-order valence-electron chi connectivity index (χ1n) is 1.63.